The van der Waals surface area contributed by atoms with Crippen LogP contribution in [0.25, 0.3) is 0 Å². The molecular formula is C12H19NO3. The number of aliphatic hydroxyl groups is 1. The quantitative estimate of drug-likeness (QED) is 0.739. The third kappa shape index (κ3) is 1.74. The van der Waals surface area contributed by atoms with Gasteiger partial charge in [0.05, 0.1) is 23.7 Å². The largest absolute Gasteiger partial charge is 0.388 e. The summed E-state index contributed by atoms with van der Waals surface area (Å²) in [5.74, 6) is 0.106. The van der Waals surface area contributed by atoms with Crippen molar-refractivity contribution in [3.05, 3.63) is 0 Å². The van der Waals surface area contributed by atoms with Crippen LogP contribution < -0.4 is 5.32 Å². The minimum atomic E-state index is -0.617. The molecule has 0 aromatic rings. The van der Waals surface area contributed by atoms with E-state index < -0.39 is 5.60 Å². The zero-order chi connectivity index (χ0) is 11.2. The van der Waals surface area contributed by atoms with Crippen molar-refractivity contribution >= 4 is 5.91 Å². The number of carbonyl (C=O) groups excluding carboxylic acids is 1. The van der Waals surface area contributed by atoms with Gasteiger partial charge in [-0.25, -0.2) is 0 Å². The Labute approximate surface area is 95.4 Å². The van der Waals surface area contributed by atoms with E-state index in [1.807, 2.05) is 0 Å². The molecule has 2 saturated heterocycles. The fourth-order valence-corrected chi connectivity index (χ4v) is 3.06. The van der Waals surface area contributed by atoms with E-state index in [9.17, 15) is 9.90 Å². The van der Waals surface area contributed by atoms with Crippen LogP contribution in [-0.4, -0.2) is 35.4 Å². The predicted octanol–water partition coefficient (Wildman–Crippen LogP) is 0.585. The second-order valence-corrected chi connectivity index (χ2v) is 5.51. The van der Waals surface area contributed by atoms with Crippen molar-refractivity contribution < 1.29 is 14.6 Å². The van der Waals surface area contributed by atoms with E-state index in [1.165, 1.54) is 0 Å². The van der Waals surface area contributed by atoms with Gasteiger partial charge in [0.1, 0.15) is 0 Å². The number of carbonyl (C=O) groups is 1. The van der Waals surface area contributed by atoms with Gasteiger partial charge in [0.2, 0.25) is 5.91 Å². The number of hydrogen-bond acceptors (Lipinski definition) is 3. The number of ether oxygens (including phenoxy) is 1. The Morgan fingerprint density at radius 3 is 2.75 bits per heavy atom. The van der Waals surface area contributed by atoms with E-state index in [1.54, 1.807) is 0 Å². The van der Waals surface area contributed by atoms with Crippen LogP contribution in [-0.2, 0) is 9.53 Å². The molecule has 4 heteroatoms. The van der Waals surface area contributed by atoms with Crippen molar-refractivity contribution in [1.82, 2.24) is 5.32 Å². The summed E-state index contributed by atoms with van der Waals surface area (Å²) in [5.41, 5.74) is -0.617. The number of rotatable bonds is 3. The summed E-state index contributed by atoms with van der Waals surface area (Å²) in [5, 5.41) is 12.8. The maximum absolute atomic E-state index is 11.9. The van der Waals surface area contributed by atoms with Crippen molar-refractivity contribution in [2.75, 3.05) is 6.54 Å². The fraction of sp³-hybridized carbons (Fsp3) is 0.917. The second kappa shape index (κ2) is 3.70. The van der Waals surface area contributed by atoms with E-state index in [2.05, 4.69) is 5.32 Å². The summed E-state index contributed by atoms with van der Waals surface area (Å²) < 4.78 is 5.65. The Hall–Kier alpha value is -0.610. The van der Waals surface area contributed by atoms with Gasteiger partial charge in [0, 0.05) is 6.54 Å². The number of nitrogens with one attached hydrogen (secondary N) is 1. The van der Waals surface area contributed by atoms with Crippen LogP contribution in [0.5, 0.6) is 0 Å². The molecule has 16 heavy (non-hydrogen) atoms. The lowest BCUT2D eigenvalue weighted by molar-refractivity contribution is -0.128. The fourth-order valence-electron chi connectivity index (χ4n) is 3.06. The molecule has 1 saturated carbocycles. The molecule has 1 amide bonds. The minimum absolute atomic E-state index is 0.0300. The average molecular weight is 225 g/mol. The topological polar surface area (TPSA) is 58.6 Å². The molecule has 3 rings (SSSR count). The molecule has 1 aliphatic carbocycles. The highest BCUT2D eigenvalue weighted by Crippen LogP contribution is 2.39. The summed E-state index contributed by atoms with van der Waals surface area (Å²) in [6.45, 7) is 0.416. The summed E-state index contributed by atoms with van der Waals surface area (Å²) in [6, 6.07) is 0. The molecule has 0 spiro atoms. The van der Waals surface area contributed by atoms with Crippen LogP contribution in [0.15, 0.2) is 0 Å². The van der Waals surface area contributed by atoms with Gasteiger partial charge in [-0.1, -0.05) is 0 Å². The third-order valence-electron chi connectivity index (χ3n) is 4.32. The highest BCUT2D eigenvalue weighted by atomic mass is 16.5. The number of hydrogen-bond donors (Lipinski definition) is 2. The van der Waals surface area contributed by atoms with Gasteiger partial charge >= 0.3 is 0 Å². The van der Waals surface area contributed by atoms with Gasteiger partial charge in [-0.3, -0.25) is 4.79 Å². The lowest BCUT2D eigenvalue weighted by Gasteiger charge is -2.37. The minimum Gasteiger partial charge on any atom is -0.388 e. The summed E-state index contributed by atoms with van der Waals surface area (Å²) in [7, 11) is 0. The van der Waals surface area contributed by atoms with Crippen molar-refractivity contribution in [3.63, 3.8) is 0 Å². The first-order valence-corrected chi connectivity index (χ1v) is 6.32. The molecule has 2 bridgehead atoms. The molecule has 3 atom stereocenters. The molecule has 90 valence electrons. The maximum atomic E-state index is 11.9. The number of fused-ring (bicyclic) bond motifs is 2. The van der Waals surface area contributed by atoms with Gasteiger partial charge in [0.25, 0.3) is 0 Å². The molecule has 0 radical (unpaired) electrons. The first kappa shape index (κ1) is 10.5. The van der Waals surface area contributed by atoms with Crippen molar-refractivity contribution in [2.24, 2.45) is 5.92 Å². The van der Waals surface area contributed by atoms with Gasteiger partial charge in [-0.15, -0.1) is 0 Å². The monoisotopic (exact) mass is 225 g/mol. The molecule has 2 aliphatic heterocycles. The summed E-state index contributed by atoms with van der Waals surface area (Å²) in [6.07, 6.45) is 6.17. The zero-order valence-corrected chi connectivity index (χ0v) is 9.45. The Morgan fingerprint density at radius 1 is 1.44 bits per heavy atom. The maximum Gasteiger partial charge on any atom is 0.225 e. The molecule has 2 N–H and O–H groups in total. The van der Waals surface area contributed by atoms with Gasteiger partial charge < -0.3 is 15.2 Å². The van der Waals surface area contributed by atoms with Crippen LogP contribution in [0.2, 0.25) is 0 Å². The Kier molecular flexibility index (Phi) is 2.44. The highest BCUT2D eigenvalue weighted by molar-refractivity contribution is 5.79. The van der Waals surface area contributed by atoms with Crippen LogP contribution in [0, 0.1) is 5.92 Å². The van der Waals surface area contributed by atoms with Crippen LogP contribution in [0.3, 0.4) is 0 Å². The first-order valence-electron chi connectivity index (χ1n) is 6.32. The Balaban J connectivity index is 1.50. The van der Waals surface area contributed by atoms with Crippen LogP contribution in [0.1, 0.15) is 38.5 Å². The molecule has 0 aromatic carbocycles. The molecule has 3 unspecified atom stereocenters. The highest BCUT2D eigenvalue weighted by Gasteiger charge is 2.45. The van der Waals surface area contributed by atoms with Crippen molar-refractivity contribution in [1.29, 1.82) is 0 Å². The number of amides is 1. The Bertz CT molecular complexity index is 301. The van der Waals surface area contributed by atoms with Crippen LogP contribution in [0.4, 0.5) is 0 Å². The smallest absolute Gasteiger partial charge is 0.225 e. The Morgan fingerprint density at radius 2 is 2.25 bits per heavy atom. The van der Waals surface area contributed by atoms with Crippen molar-refractivity contribution in [3.8, 4) is 0 Å². The van der Waals surface area contributed by atoms with E-state index in [0.29, 0.717) is 12.6 Å². The molecule has 2 heterocycles. The molecule has 4 nitrogen and oxygen atoms in total. The summed E-state index contributed by atoms with van der Waals surface area (Å²) >= 11 is 0. The van der Waals surface area contributed by atoms with E-state index >= 15 is 0 Å². The van der Waals surface area contributed by atoms with E-state index in [-0.39, 0.29) is 17.9 Å². The first-order chi connectivity index (χ1) is 7.66. The molecular weight excluding hydrogens is 206 g/mol. The molecule has 3 fully saturated rings. The standard InChI is InChI=1S/C12H19NO3/c14-11(13-7-12(15)4-1-5-12)9-6-8-2-3-10(9)16-8/h8-10,15H,1-7H2,(H,13,14). The zero-order valence-electron chi connectivity index (χ0n) is 9.45. The SMILES string of the molecule is O=C(NCC1(O)CCC1)C1CC2CCC1O2. The normalized spacial score (nSPS) is 39.4. The average Bonchev–Trinajstić information content (AvgIpc) is 2.84. The van der Waals surface area contributed by atoms with Gasteiger partial charge in [0.15, 0.2) is 0 Å². The van der Waals surface area contributed by atoms with Crippen LogP contribution >= 0.6 is 0 Å². The predicted molar refractivity (Wildman–Crippen MR) is 57.8 cm³/mol. The lowest BCUT2D eigenvalue weighted by atomic mass is 9.80. The van der Waals surface area contributed by atoms with Gasteiger partial charge in [-0.05, 0) is 38.5 Å². The lowest BCUT2D eigenvalue weighted by Crippen LogP contribution is -2.49. The van der Waals surface area contributed by atoms with E-state index in [0.717, 1.165) is 38.5 Å². The van der Waals surface area contributed by atoms with E-state index in [4.69, 9.17) is 4.74 Å². The molecule has 0 aromatic heterocycles. The molecule has 3 aliphatic rings. The second-order valence-electron chi connectivity index (χ2n) is 5.51. The third-order valence-corrected chi connectivity index (χ3v) is 4.32. The van der Waals surface area contributed by atoms with Gasteiger partial charge in [-0.2, -0.15) is 0 Å². The van der Waals surface area contributed by atoms with Crippen molar-refractivity contribution in [2.45, 2.75) is 56.3 Å². The summed E-state index contributed by atoms with van der Waals surface area (Å²) in [4.78, 5) is 11.9.